The maximum Gasteiger partial charge on any atom is 0.427 e. The summed E-state index contributed by atoms with van der Waals surface area (Å²) in [4.78, 5) is 34.0. The van der Waals surface area contributed by atoms with E-state index in [1.165, 1.54) is 12.4 Å². The molecule has 0 spiro atoms. The standard InChI is InChI=1S/C19H29ClN4O5S/c1-17(2,3)28-15(25)24(16(26)29-18(4,5)6)14-21-10-12(20)13(23-14)11-22-30(27)19(7,8)9/h10-11H,1-9H3/b22-11+/t30-/m0/s1. The molecule has 0 aromatic carbocycles. The zero-order valence-corrected chi connectivity index (χ0v) is 20.3. The van der Waals surface area contributed by atoms with Crippen LogP contribution in [0.4, 0.5) is 15.5 Å². The summed E-state index contributed by atoms with van der Waals surface area (Å²) in [5, 5.41) is 0.0988. The topological polar surface area (TPSA) is 111 Å². The molecule has 0 fully saturated rings. The van der Waals surface area contributed by atoms with Crippen molar-refractivity contribution in [2.45, 2.75) is 78.3 Å². The predicted octanol–water partition coefficient (Wildman–Crippen LogP) is 4.69. The Balaban J connectivity index is 3.39. The van der Waals surface area contributed by atoms with Gasteiger partial charge >= 0.3 is 12.2 Å². The molecule has 0 N–H and O–H groups in total. The molecule has 0 bridgehead atoms. The Morgan fingerprint density at radius 1 is 1.03 bits per heavy atom. The van der Waals surface area contributed by atoms with E-state index in [1.807, 2.05) is 0 Å². The number of ether oxygens (including phenoxy) is 2. The normalized spacial score (nSPS) is 13.8. The lowest BCUT2D eigenvalue weighted by Gasteiger charge is -2.27. The summed E-state index contributed by atoms with van der Waals surface area (Å²) in [5.41, 5.74) is -1.67. The van der Waals surface area contributed by atoms with Crippen LogP contribution >= 0.6 is 11.6 Å². The van der Waals surface area contributed by atoms with Crippen LogP contribution in [-0.4, -0.2) is 48.5 Å². The SMILES string of the molecule is CC(C)(C)OC(=O)N(C(=O)OC(C)(C)C)c1ncc(Cl)c(/C=N/[S@@](=O)C(C)(C)C)n1. The zero-order chi connectivity index (χ0) is 23.5. The second-order valence-electron chi connectivity index (χ2n) is 9.30. The third-order valence-electron chi connectivity index (χ3n) is 2.91. The maximum absolute atomic E-state index is 12.7. The fraction of sp³-hybridized carbons (Fsp3) is 0.632. The monoisotopic (exact) mass is 460 g/mol. The lowest BCUT2D eigenvalue weighted by molar-refractivity contribution is 0.0427. The Morgan fingerprint density at radius 3 is 1.90 bits per heavy atom. The Bertz CT molecular complexity index is 826. The summed E-state index contributed by atoms with van der Waals surface area (Å²) in [6, 6.07) is 0. The molecule has 11 heteroatoms. The molecule has 1 aromatic rings. The van der Waals surface area contributed by atoms with Gasteiger partial charge in [0.25, 0.3) is 0 Å². The highest BCUT2D eigenvalue weighted by atomic mass is 35.5. The summed E-state index contributed by atoms with van der Waals surface area (Å²) in [5.74, 6) is -0.314. The van der Waals surface area contributed by atoms with Crippen LogP contribution in [0.2, 0.25) is 5.02 Å². The minimum Gasteiger partial charge on any atom is -0.443 e. The van der Waals surface area contributed by atoms with E-state index in [4.69, 9.17) is 21.1 Å². The van der Waals surface area contributed by atoms with Gasteiger partial charge in [-0.1, -0.05) is 11.6 Å². The van der Waals surface area contributed by atoms with Crippen LogP contribution in [0.25, 0.3) is 0 Å². The van der Waals surface area contributed by atoms with Gasteiger partial charge < -0.3 is 9.47 Å². The second kappa shape index (κ2) is 9.38. The Hall–Kier alpha value is -2.07. The fourth-order valence-corrected chi connectivity index (χ4v) is 2.33. The smallest absolute Gasteiger partial charge is 0.427 e. The Morgan fingerprint density at radius 2 is 1.50 bits per heavy atom. The van der Waals surface area contributed by atoms with Crippen molar-refractivity contribution in [2.75, 3.05) is 4.90 Å². The number of hydrogen-bond acceptors (Lipinski definition) is 7. The fourth-order valence-electron chi connectivity index (χ4n) is 1.68. The number of hydrogen-bond donors (Lipinski definition) is 0. The lowest BCUT2D eigenvalue weighted by Crippen LogP contribution is -2.44. The van der Waals surface area contributed by atoms with E-state index in [2.05, 4.69) is 14.4 Å². The highest BCUT2D eigenvalue weighted by Gasteiger charge is 2.35. The van der Waals surface area contributed by atoms with E-state index in [-0.39, 0.29) is 16.7 Å². The molecule has 1 aromatic heterocycles. The van der Waals surface area contributed by atoms with Crippen molar-refractivity contribution in [3.8, 4) is 0 Å². The van der Waals surface area contributed by atoms with Gasteiger partial charge in [-0.3, -0.25) is 0 Å². The summed E-state index contributed by atoms with van der Waals surface area (Å²) in [7, 11) is -1.55. The molecular formula is C19H29ClN4O5S. The number of aromatic nitrogens is 2. The van der Waals surface area contributed by atoms with Gasteiger partial charge in [0.1, 0.15) is 27.9 Å². The van der Waals surface area contributed by atoms with Crippen molar-refractivity contribution >= 4 is 46.9 Å². The van der Waals surface area contributed by atoms with Crippen LogP contribution in [0.3, 0.4) is 0 Å². The van der Waals surface area contributed by atoms with Gasteiger partial charge in [-0.05, 0) is 62.3 Å². The van der Waals surface area contributed by atoms with Gasteiger partial charge in [0.05, 0.1) is 22.2 Å². The number of nitrogens with zero attached hydrogens (tertiary/aromatic N) is 4. The van der Waals surface area contributed by atoms with Crippen LogP contribution in [0.15, 0.2) is 10.6 Å². The molecule has 0 saturated carbocycles. The first kappa shape index (κ1) is 26.0. The van der Waals surface area contributed by atoms with E-state index in [1.54, 1.807) is 62.3 Å². The van der Waals surface area contributed by atoms with Crippen molar-refractivity contribution in [1.82, 2.24) is 9.97 Å². The molecule has 0 aliphatic heterocycles. The summed E-state index contributed by atoms with van der Waals surface area (Å²) >= 11 is 6.10. The molecule has 2 amide bonds. The summed E-state index contributed by atoms with van der Waals surface area (Å²) < 4.78 is 26.1. The Labute approximate surface area is 184 Å². The van der Waals surface area contributed by atoms with Crippen LogP contribution in [0.5, 0.6) is 0 Å². The Kier molecular flexibility index (Phi) is 8.12. The predicted molar refractivity (Wildman–Crippen MR) is 117 cm³/mol. The second-order valence-corrected chi connectivity index (χ2v) is 11.6. The zero-order valence-electron chi connectivity index (χ0n) is 18.8. The van der Waals surface area contributed by atoms with E-state index in [0.29, 0.717) is 4.90 Å². The van der Waals surface area contributed by atoms with Gasteiger partial charge in [-0.15, -0.1) is 4.90 Å². The van der Waals surface area contributed by atoms with E-state index in [9.17, 15) is 13.8 Å². The van der Waals surface area contributed by atoms with Gasteiger partial charge in [-0.2, -0.15) is 4.40 Å². The van der Waals surface area contributed by atoms with E-state index < -0.39 is 39.1 Å². The molecule has 1 heterocycles. The molecule has 9 nitrogen and oxygen atoms in total. The van der Waals surface area contributed by atoms with Crippen molar-refractivity contribution in [3.05, 3.63) is 16.9 Å². The molecule has 0 unspecified atom stereocenters. The number of anilines is 1. The molecule has 30 heavy (non-hydrogen) atoms. The van der Waals surface area contributed by atoms with Crippen LogP contribution in [0.1, 0.15) is 68.0 Å². The highest BCUT2D eigenvalue weighted by Crippen LogP contribution is 2.21. The quantitative estimate of drug-likeness (QED) is 0.601. The van der Waals surface area contributed by atoms with E-state index in [0.717, 1.165) is 0 Å². The maximum atomic E-state index is 12.7. The largest absolute Gasteiger partial charge is 0.443 e. The molecule has 0 radical (unpaired) electrons. The molecule has 0 aliphatic rings. The number of carbonyl (C=O) groups excluding carboxylic acids is 2. The molecule has 0 saturated heterocycles. The van der Waals surface area contributed by atoms with Gasteiger partial charge in [0, 0.05) is 0 Å². The first-order valence-corrected chi connectivity index (χ1v) is 10.6. The third-order valence-corrected chi connectivity index (χ3v) is 4.54. The summed E-state index contributed by atoms with van der Waals surface area (Å²) in [6.07, 6.45) is 0.380. The first-order valence-electron chi connectivity index (χ1n) is 9.15. The minimum absolute atomic E-state index is 0.0800. The average molecular weight is 461 g/mol. The van der Waals surface area contributed by atoms with Crippen LogP contribution in [0, 0.1) is 0 Å². The number of rotatable bonds is 3. The molecule has 1 atom stereocenters. The minimum atomic E-state index is -1.55. The molecule has 0 aliphatic carbocycles. The number of halogens is 1. The van der Waals surface area contributed by atoms with Crippen molar-refractivity contribution < 1.29 is 23.3 Å². The van der Waals surface area contributed by atoms with Crippen molar-refractivity contribution in [2.24, 2.45) is 4.40 Å². The third kappa shape index (κ3) is 8.35. The van der Waals surface area contributed by atoms with Crippen molar-refractivity contribution in [3.63, 3.8) is 0 Å². The van der Waals surface area contributed by atoms with Crippen LogP contribution in [-0.2, 0) is 20.5 Å². The highest BCUT2D eigenvalue weighted by molar-refractivity contribution is 7.85. The summed E-state index contributed by atoms with van der Waals surface area (Å²) in [6.45, 7) is 15.2. The number of imide groups is 1. The molecular weight excluding hydrogens is 432 g/mol. The molecule has 1 rings (SSSR count). The number of amides is 2. The van der Waals surface area contributed by atoms with Crippen LogP contribution < -0.4 is 4.90 Å². The number of carbonyl (C=O) groups is 2. The van der Waals surface area contributed by atoms with Gasteiger partial charge in [0.2, 0.25) is 5.95 Å². The first-order chi connectivity index (χ1) is 13.4. The van der Waals surface area contributed by atoms with E-state index >= 15 is 0 Å². The lowest BCUT2D eigenvalue weighted by atomic mass is 10.2. The average Bonchev–Trinajstić information content (AvgIpc) is 2.50. The molecule has 168 valence electrons. The van der Waals surface area contributed by atoms with Gasteiger partial charge in [0.15, 0.2) is 0 Å². The van der Waals surface area contributed by atoms with Gasteiger partial charge in [-0.25, -0.2) is 23.8 Å². The van der Waals surface area contributed by atoms with Crippen molar-refractivity contribution in [1.29, 1.82) is 0 Å².